The van der Waals surface area contributed by atoms with E-state index in [1.54, 1.807) is 23.3 Å². The number of benzene rings is 2. The molecule has 2 aromatic carbocycles. The Labute approximate surface area is 175 Å². The molecule has 3 aromatic rings. The third kappa shape index (κ3) is 3.65. The molecular formula is C24H25N3O3. The molecule has 0 saturated carbocycles. The van der Waals surface area contributed by atoms with E-state index in [0.717, 1.165) is 55.3 Å². The van der Waals surface area contributed by atoms with E-state index in [1.807, 2.05) is 12.1 Å². The Morgan fingerprint density at radius 3 is 2.40 bits per heavy atom. The van der Waals surface area contributed by atoms with E-state index in [0.29, 0.717) is 11.4 Å². The van der Waals surface area contributed by atoms with Gasteiger partial charge in [0.25, 0.3) is 0 Å². The van der Waals surface area contributed by atoms with Gasteiger partial charge in [-0.3, -0.25) is 4.79 Å². The van der Waals surface area contributed by atoms with Crippen LogP contribution in [0.5, 0.6) is 0 Å². The number of likely N-dealkylation sites (tertiary alicyclic amines) is 1. The zero-order chi connectivity index (χ0) is 20.5. The number of urea groups is 1. The highest BCUT2D eigenvalue weighted by Gasteiger charge is 2.20. The molecule has 3 amide bonds. The van der Waals surface area contributed by atoms with Crippen molar-refractivity contribution in [3.63, 3.8) is 0 Å². The SMILES string of the molecule is O=C(Cc1coc2cc3c(cc12)CCC3)Nc1ccccc1NC(=O)N1CCCC1. The summed E-state index contributed by atoms with van der Waals surface area (Å²) >= 11 is 0. The van der Waals surface area contributed by atoms with Gasteiger partial charge in [0, 0.05) is 24.0 Å². The van der Waals surface area contributed by atoms with Crippen molar-refractivity contribution in [3.05, 3.63) is 59.4 Å². The standard InChI is InChI=1S/C24H25N3O3/c28-23(14-18-15-30-22-13-17-7-5-6-16(17)12-19(18)22)25-20-8-1-2-9-21(20)26-24(29)27-10-3-4-11-27/h1-2,8-9,12-13,15H,3-7,10-11,14H2,(H,25,28)(H,26,29). The van der Waals surface area contributed by atoms with E-state index in [1.165, 1.54) is 17.5 Å². The largest absolute Gasteiger partial charge is 0.464 e. The van der Waals surface area contributed by atoms with Gasteiger partial charge in [-0.25, -0.2) is 4.79 Å². The maximum atomic E-state index is 12.8. The molecule has 2 heterocycles. The number of para-hydroxylation sites is 2. The van der Waals surface area contributed by atoms with E-state index < -0.39 is 0 Å². The molecule has 6 nitrogen and oxygen atoms in total. The molecule has 6 heteroatoms. The van der Waals surface area contributed by atoms with Gasteiger partial charge in [0.15, 0.2) is 0 Å². The summed E-state index contributed by atoms with van der Waals surface area (Å²) in [7, 11) is 0. The maximum absolute atomic E-state index is 12.8. The Morgan fingerprint density at radius 2 is 1.63 bits per heavy atom. The molecule has 1 aliphatic carbocycles. The quantitative estimate of drug-likeness (QED) is 0.661. The van der Waals surface area contributed by atoms with Gasteiger partial charge < -0.3 is 20.0 Å². The van der Waals surface area contributed by atoms with Crippen molar-refractivity contribution in [3.8, 4) is 0 Å². The van der Waals surface area contributed by atoms with Crippen molar-refractivity contribution in [1.29, 1.82) is 0 Å². The molecule has 0 atom stereocenters. The summed E-state index contributed by atoms with van der Waals surface area (Å²) in [5.41, 5.74) is 5.66. The summed E-state index contributed by atoms with van der Waals surface area (Å²) in [6.07, 6.45) is 7.34. The summed E-state index contributed by atoms with van der Waals surface area (Å²) in [6.45, 7) is 1.55. The molecule has 1 aromatic heterocycles. The third-order valence-electron chi connectivity index (χ3n) is 6.06. The van der Waals surface area contributed by atoms with Crippen LogP contribution in [0.25, 0.3) is 11.0 Å². The minimum Gasteiger partial charge on any atom is -0.464 e. The number of carbonyl (C=O) groups is 2. The Morgan fingerprint density at radius 1 is 0.933 bits per heavy atom. The van der Waals surface area contributed by atoms with Crippen molar-refractivity contribution in [2.24, 2.45) is 0 Å². The summed E-state index contributed by atoms with van der Waals surface area (Å²) < 4.78 is 5.72. The first kappa shape index (κ1) is 18.7. The number of amides is 3. The van der Waals surface area contributed by atoms with Crippen LogP contribution in [0, 0.1) is 0 Å². The lowest BCUT2D eigenvalue weighted by Gasteiger charge is -2.18. The van der Waals surface area contributed by atoms with Crippen molar-refractivity contribution in [2.75, 3.05) is 23.7 Å². The van der Waals surface area contributed by atoms with Gasteiger partial charge in [-0.05, 0) is 67.5 Å². The number of aryl methyl sites for hydroxylation is 2. The Kier molecular flexibility index (Phi) is 4.91. The molecule has 2 aliphatic rings. The Hall–Kier alpha value is -3.28. The number of hydrogen-bond donors (Lipinski definition) is 2. The second kappa shape index (κ2) is 7.86. The van der Waals surface area contributed by atoms with Gasteiger partial charge >= 0.3 is 6.03 Å². The number of anilines is 2. The normalized spacial score (nSPS) is 15.4. The van der Waals surface area contributed by atoms with Crippen molar-refractivity contribution in [2.45, 2.75) is 38.5 Å². The van der Waals surface area contributed by atoms with E-state index in [9.17, 15) is 9.59 Å². The highest BCUT2D eigenvalue weighted by atomic mass is 16.3. The van der Waals surface area contributed by atoms with E-state index in [-0.39, 0.29) is 18.4 Å². The summed E-state index contributed by atoms with van der Waals surface area (Å²) in [5.74, 6) is -0.138. The number of nitrogens with zero attached hydrogens (tertiary/aromatic N) is 1. The zero-order valence-electron chi connectivity index (χ0n) is 16.9. The van der Waals surface area contributed by atoms with Crippen LogP contribution in [0.3, 0.4) is 0 Å². The lowest BCUT2D eigenvalue weighted by molar-refractivity contribution is -0.115. The fourth-order valence-corrected chi connectivity index (χ4v) is 4.47. The molecule has 154 valence electrons. The monoisotopic (exact) mass is 403 g/mol. The van der Waals surface area contributed by atoms with E-state index in [2.05, 4.69) is 22.8 Å². The summed E-state index contributed by atoms with van der Waals surface area (Å²) in [5, 5.41) is 6.89. The van der Waals surface area contributed by atoms with Crippen molar-refractivity contribution < 1.29 is 14.0 Å². The average Bonchev–Trinajstić information content (AvgIpc) is 3.49. The van der Waals surface area contributed by atoms with E-state index >= 15 is 0 Å². The molecule has 2 N–H and O–H groups in total. The highest BCUT2D eigenvalue weighted by Crippen LogP contribution is 2.31. The first-order chi connectivity index (χ1) is 14.7. The number of fused-ring (bicyclic) bond motifs is 2. The van der Waals surface area contributed by atoms with Crippen LogP contribution in [0.15, 0.2) is 47.1 Å². The first-order valence-electron chi connectivity index (χ1n) is 10.6. The zero-order valence-corrected chi connectivity index (χ0v) is 16.9. The number of carbonyl (C=O) groups excluding carboxylic acids is 2. The number of hydrogen-bond acceptors (Lipinski definition) is 3. The summed E-state index contributed by atoms with van der Waals surface area (Å²) in [6, 6.07) is 11.5. The molecule has 0 radical (unpaired) electrons. The van der Waals surface area contributed by atoms with Crippen LogP contribution in [0.2, 0.25) is 0 Å². The molecule has 5 rings (SSSR count). The van der Waals surface area contributed by atoms with Crippen LogP contribution in [-0.2, 0) is 24.1 Å². The fourth-order valence-electron chi connectivity index (χ4n) is 4.47. The molecule has 0 bridgehead atoms. The minimum absolute atomic E-state index is 0.121. The van der Waals surface area contributed by atoms with Gasteiger partial charge in [-0.2, -0.15) is 0 Å². The Balaban J connectivity index is 1.30. The van der Waals surface area contributed by atoms with Crippen molar-refractivity contribution in [1.82, 2.24) is 4.90 Å². The average molecular weight is 403 g/mol. The number of nitrogens with one attached hydrogen (secondary N) is 2. The second-order valence-electron chi connectivity index (χ2n) is 8.13. The van der Waals surface area contributed by atoms with Gasteiger partial charge in [-0.15, -0.1) is 0 Å². The van der Waals surface area contributed by atoms with Crippen LogP contribution in [0.4, 0.5) is 16.2 Å². The van der Waals surface area contributed by atoms with Crippen molar-refractivity contribution >= 4 is 34.3 Å². The van der Waals surface area contributed by atoms with Crippen LogP contribution in [0.1, 0.15) is 36.0 Å². The minimum atomic E-state index is -0.138. The maximum Gasteiger partial charge on any atom is 0.321 e. The lowest BCUT2D eigenvalue weighted by atomic mass is 10.0. The molecule has 0 unspecified atom stereocenters. The first-order valence-corrected chi connectivity index (χ1v) is 10.6. The third-order valence-corrected chi connectivity index (χ3v) is 6.06. The van der Waals surface area contributed by atoms with Gasteiger partial charge in [0.2, 0.25) is 5.91 Å². The molecule has 1 fully saturated rings. The summed E-state index contributed by atoms with van der Waals surface area (Å²) in [4.78, 5) is 27.0. The lowest BCUT2D eigenvalue weighted by Crippen LogP contribution is -2.32. The molecule has 0 spiro atoms. The molecule has 1 aliphatic heterocycles. The van der Waals surface area contributed by atoms with E-state index in [4.69, 9.17) is 4.42 Å². The molecule has 30 heavy (non-hydrogen) atoms. The molecular weight excluding hydrogens is 378 g/mol. The van der Waals surface area contributed by atoms with Crippen LogP contribution in [-0.4, -0.2) is 29.9 Å². The Bertz CT molecular complexity index is 1110. The number of furan rings is 1. The predicted octanol–water partition coefficient (Wildman–Crippen LogP) is 4.73. The number of rotatable bonds is 4. The fraction of sp³-hybridized carbons (Fsp3) is 0.333. The van der Waals surface area contributed by atoms with Gasteiger partial charge in [0.1, 0.15) is 5.58 Å². The molecule has 1 saturated heterocycles. The van der Waals surface area contributed by atoms with Gasteiger partial charge in [0.05, 0.1) is 24.1 Å². The van der Waals surface area contributed by atoms with Crippen LogP contribution < -0.4 is 10.6 Å². The second-order valence-corrected chi connectivity index (χ2v) is 8.13. The highest BCUT2D eigenvalue weighted by molar-refractivity contribution is 6.00. The predicted molar refractivity (Wildman–Crippen MR) is 117 cm³/mol. The topological polar surface area (TPSA) is 74.6 Å². The smallest absolute Gasteiger partial charge is 0.321 e. The van der Waals surface area contributed by atoms with Crippen LogP contribution >= 0.6 is 0 Å². The van der Waals surface area contributed by atoms with Gasteiger partial charge in [-0.1, -0.05) is 12.1 Å².